The third-order valence-electron chi connectivity index (χ3n) is 4.14. The van der Waals surface area contributed by atoms with E-state index in [9.17, 15) is 14.4 Å². The van der Waals surface area contributed by atoms with Crippen molar-refractivity contribution in [2.24, 2.45) is 0 Å². The summed E-state index contributed by atoms with van der Waals surface area (Å²) in [5.74, 6) is -1.10. The number of carbonyl (C=O) groups excluding carboxylic acids is 3. The number of hydrogen-bond acceptors (Lipinski definition) is 4. The maximum Gasteiger partial charge on any atom is 0.316 e. The van der Waals surface area contributed by atoms with Crippen LogP contribution in [0.15, 0.2) is 48.5 Å². The summed E-state index contributed by atoms with van der Waals surface area (Å²) < 4.78 is 5.06. The quantitative estimate of drug-likeness (QED) is 0.797. The molecule has 7 nitrogen and oxygen atoms in total. The molecule has 1 fully saturated rings. The maximum absolute atomic E-state index is 12.4. The molecule has 2 aromatic carbocycles. The first kappa shape index (κ1) is 18.7. The van der Waals surface area contributed by atoms with E-state index in [4.69, 9.17) is 16.3 Å². The van der Waals surface area contributed by atoms with E-state index in [1.54, 1.807) is 55.6 Å². The zero-order valence-corrected chi connectivity index (χ0v) is 15.4. The first-order valence-electron chi connectivity index (χ1n) is 8.28. The minimum atomic E-state index is -0.717. The highest BCUT2D eigenvalue weighted by Gasteiger charge is 2.34. The highest BCUT2D eigenvalue weighted by atomic mass is 35.5. The van der Waals surface area contributed by atoms with E-state index in [1.807, 2.05) is 0 Å². The maximum atomic E-state index is 12.4. The molecule has 1 heterocycles. The number of carbonyl (C=O) groups is 3. The van der Waals surface area contributed by atoms with Crippen LogP contribution in [0.25, 0.3) is 0 Å². The Morgan fingerprint density at radius 1 is 1.11 bits per heavy atom. The Bertz CT molecular complexity index is 870. The largest absolute Gasteiger partial charge is 0.497 e. The van der Waals surface area contributed by atoms with E-state index in [1.165, 1.54) is 9.80 Å². The summed E-state index contributed by atoms with van der Waals surface area (Å²) in [5, 5.41) is 3.18. The van der Waals surface area contributed by atoms with Crippen molar-refractivity contribution in [2.45, 2.75) is 0 Å². The molecule has 3 amide bonds. The van der Waals surface area contributed by atoms with Crippen molar-refractivity contribution in [3.05, 3.63) is 53.6 Å². The second kappa shape index (κ2) is 8.09. The van der Waals surface area contributed by atoms with E-state index in [2.05, 4.69) is 5.32 Å². The van der Waals surface area contributed by atoms with Gasteiger partial charge < -0.3 is 19.9 Å². The smallest absolute Gasteiger partial charge is 0.316 e. The molecule has 0 aromatic heterocycles. The molecule has 2 aromatic rings. The summed E-state index contributed by atoms with van der Waals surface area (Å²) in [6.45, 7) is 0.355. The second-order valence-corrected chi connectivity index (χ2v) is 6.38. The van der Waals surface area contributed by atoms with Gasteiger partial charge in [0.25, 0.3) is 0 Å². The van der Waals surface area contributed by atoms with E-state index in [0.717, 1.165) is 0 Å². The van der Waals surface area contributed by atoms with Crippen LogP contribution in [0.5, 0.6) is 5.75 Å². The van der Waals surface area contributed by atoms with Gasteiger partial charge in [-0.2, -0.15) is 0 Å². The van der Waals surface area contributed by atoms with Crippen LogP contribution in [-0.2, 0) is 14.4 Å². The molecular formula is C19H18ClN3O4. The van der Waals surface area contributed by atoms with E-state index >= 15 is 0 Å². The van der Waals surface area contributed by atoms with Gasteiger partial charge in [0.1, 0.15) is 12.3 Å². The molecule has 0 unspecified atom stereocenters. The van der Waals surface area contributed by atoms with Gasteiger partial charge in [0, 0.05) is 29.5 Å². The molecule has 140 valence electrons. The summed E-state index contributed by atoms with van der Waals surface area (Å²) in [6, 6.07) is 13.6. The molecule has 27 heavy (non-hydrogen) atoms. The Balaban J connectivity index is 1.61. The van der Waals surface area contributed by atoms with Crippen LogP contribution >= 0.6 is 11.6 Å². The van der Waals surface area contributed by atoms with Gasteiger partial charge in [0.2, 0.25) is 5.91 Å². The first-order valence-corrected chi connectivity index (χ1v) is 8.66. The first-order chi connectivity index (χ1) is 13.0. The van der Waals surface area contributed by atoms with E-state index in [-0.39, 0.29) is 19.0 Å². The summed E-state index contributed by atoms with van der Waals surface area (Å²) in [4.78, 5) is 39.6. The Hall–Kier alpha value is -3.06. The highest BCUT2D eigenvalue weighted by Crippen LogP contribution is 2.22. The van der Waals surface area contributed by atoms with E-state index < -0.39 is 11.8 Å². The average Bonchev–Trinajstić information content (AvgIpc) is 2.66. The molecule has 8 heteroatoms. The van der Waals surface area contributed by atoms with Gasteiger partial charge in [-0.05, 0) is 42.5 Å². The number of anilines is 2. The molecule has 0 saturated carbocycles. The molecule has 1 N–H and O–H groups in total. The van der Waals surface area contributed by atoms with Gasteiger partial charge in [-0.15, -0.1) is 0 Å². The lowest BCUT2D eigenvalue weighted by Crippen LogP contribution is -2.56. The van der Waals surface area contributed by atoms with Gasteiger partial charge in [-0.25, -0.2) is 0 Å². The third-order valence-corrected chi connectivity index (χ3v) is 4.37. The summed E-state index contributed by atoms with van der Waals surface area (Å²) in [5.41, 5.74) is 1.14. The Labute approximate surface area is 161 Å². The molecule has 0 aliphatic carbocycles. The van der Waals surface area contributed by atoms with Crippen LogP contribution in [0, 0.1) is 0 Å². The number of benzene rings is 2. The Morgan fingerprint density at radius 3 is 2.52 bits per heavy atom. The number of methoxy groups -OCH3 is 1. The molecule has 1 aliphatic heterocycles. The zero-order valence-electron chi connectivity index (χ0n) is 14.6. The van der Waals surface area contributed by atoms with Gasteiger partial charge >= 0.3 is 11.8 Å². The molecule has 1 aliphatic rings. The van der Waals surface area contributed by atoms with Crippen molar-refractivity contribution in [2.75, 3.05) is 37.0 Å². The van der Waals surface area contributed by atoms with Crippen molar-refractivity contribution in [1.82, 2.24) is 4.90 Å². The number of ether oxygens (including phenoxy) is 1. The predicted octanol–water partition coefficient (Wildman–Crippen LogP) is 2.16. The standard InChI is InChI=1S/C19H18ClN3O4/c1-27-16-7-5-14(6-8-16)21-17(24)12-22-9-10-23(19(26)18(22)25)15-4-2-3-13(20)11-15/h2-8,11H,9-10,12H2,1H3,(H,21,24). The van der Waals surface area contributed by atoms with Crippen LogP contribution < -0.4 is 15.0 Å². The minimum absolute atomic E-state index is 0.194. The summed E-state index contributed by atoms with van der Waals surface area (Å²) in [7, 11) is 1.55. The number of rotatable bonds is 5. The number of amides is 3. The zero-order chi connectivity index (χ0) is 19.4. The van der Waals surface area contributed by atoms with Crippen molar-refractivity contribution >= 4 is 40.7 Å². The molecule has 0 spiro atoms. The molecular weight excluding hydrogens is 370 g/mol. The van der Waals surface area contributed by atoms with Crippen molar-refractivity contribution in [1.29, 1.82) is 0 Å². The van der Waals surface area contributed by atoms with Crippen molar-refractivity contribution < 1.29 is 19.1 Å². The molecule has 0 bridgehead atoms. The predicted molar refractivity (Wildman–Crippen MR) is 102 cm³/mol. The third kappa shape index (κ3) is 4.38. The number of halogens is 1. The fraction of sp³-hybridized carbons (Fsp3) is 0.211. The van der Waals surface area contributed by atoms with Crippen LogP contribution in [0.4, 0.5) is 11.4 Å². The van der Waals surface area contributed by atoms with Crippen LogP contribution in [0.1, 0.15) is 0 Å². The highest BCUT2D eigenvalue weighted by molar-refractivity contribution is 6.41. The van der Waals surface area contributed by atoms with Crippen LogP contribution in [0.3, 0.4) is 0 Å². The van der Waals surface area contributed by atoms with Gasteiger partial charge in [0.15, 0.2) is 0 Å². The summed E-state index contributed by atoms with van der Waals surface area (Å²) >= 11 is 5.95. The molecule has 1 saturated heterocycles. The molecule has 0 radical (unpaired) electrons. The summed E-state index contributed by atoms with van der Waals surface area (Å²) in [6.07, 6.45) is 0. The number of nitrogens with zero attached hydrogens (tertiary/aromatic N) is 2. The monoisotopic (exact) mass is 387 g/mol. The average molecular weight is 388 g/mol. The number of hydrogen-bond donors (Lipinski definition) is 1. The lowest BCUT2D eigenvalue weighted by molar-refractivity contribution is -0.147. The fourth-order valence-electron chi connectivity index (χ4n) is 2.76. The number of piperazine rings is 1. The minimum Gasteiger partial charge on any atom is -0.497 e. The topological polar surface area (TPSA) is 79.0 Å². The van der Waals surface area contributed by atoms with Crippen LogP contribution in [0.2, 0.25) is 5.02 Å². The normalized spacial score (nSPS) is 14.3. The molecule has 0 atom stereocenters. The second-order valence-electron chi connectivity index (χ2n) is 5.94. The van der Waals surface area contributed by atoms with Crippen molar-refractivity contribution in [3.8, 4) is 5.75 Å². The lowest BCUT2D eigenvalue weighted by atomic mass is 10.2. The van der Waals surface area contributed by atoms with Gasteiger partial charge in [0.05, 0.1) is 7.11 Å². The Kier molecular flexibility index (Phi) is 5.61. The molecule has 3 rings (SSSR count). The van der Waals surface area contributed by atoms with Crippen LogP contribution in [-0.4, -0.2) is 49.4 Å². The lowest BCUT2D eigenvalue weighted by Gasteiger charge is -2.33. The van der Waals surface area contributed by atoms with Gasteiger partial charge in [-0.3, -0.25) is 14.4 Å². The van der Waals surface area contributed by atoms with Gasteiger partial charge in [-0.1, -0.05) is 17.7 Å². The Morgan fingerprint density at radius 2 is 1.85 bits per heavy atom. The fourth-order valence-corrected chi connectivity index (χ4v) is 2.95. The SMILES string of the molecule is COc1ccc(NC(=O)CN2CCN(c3cccc(Cl)c3)C(=O)C2=O)cc1. The van der Waals surface area contributed by atoms with E-state index in [0.29, 0.717) is 28.7 Å². The van der Waals surface area contributed by atoms with Crippen molar-refractivity contribution in [3.63, 3.8) is 0 Å². The number of nitrogens with one attached hydrogen (secondary N) is 1.